The Bertz CT molecular complexity index is 313. The Labute approximate surface area is 84.1 Å². The summed E-state index contributed by atoms with van der Waals surface area (Å²) in [5.74, 6) is 3.41. The van der Waals surface area contributed by atoms with E-state index < -0.39 is 0 Å². The Kier molecular flexibility index (Phi) is 4.17. The van der Waals surface area contributed by atoms with Gasteiger partial charge in [-0.3, -0.25) is 4.90 Å². The maximum atomic E-state index is 5.42. The molecular formula is C10H15N3O. The van der Waals surface area contributed by atoms with Crippen molar-refractivity contribution in [2.45, 2.75) is 20.0 Å². The van der Waals surface area contributed by atoms with Gasteiger partial charge in [-0.05, 0) is 6.54 Å². The van der Waals surface area contributed by atoms with E-state index in [1.165, 1.54) is 0 Å². The van der Waals surface area contributed by atoms with E-state index in [1.54, 1.807) is 0 Å². The highest BCUT2D eigenvalue weighted by atomic mass is 16.5. The van der Waals surface area contributed by atoms with Crippen molar-refractivity contribution >= 4 is 0 Å². The maximum Gasteiger partial charge on any atom is 0.151 e. The zero-order valence-electron chi connectivity index (χ0n) is 8.36. The van der Waals surface area contributed by atoms with Crippen molar-refractivity contribution in [1.29, 1.82) is 0 Å². The number of aromatic nitrogens is 1. The first-order valence-corrected chi connectivity index (χ1v) is 4.60. The van der Waals surface area contributed by atoms with Crippen molar-refractivity contribution in [1.82, 2.24) is 10.1 Å². The molecule has 1 aromatic rings. The van der Waals surface area contributed by atoms with Crippen LogP contribution in [0.5, 0.6) is 0 Å². The van der Waals surface area contributed by atoms with Crippen molar-refractivity contribution in [3.63, 3.8) is 0 Å². The van der Waals surface area contributed by atoms with Gasteiger partial charge in [-0.2, -0.15) is 0 Å². The summed E-state index contributed by atoms with van der Waals surface area (Å²) in [6.07, 6.45) is 5.23. The van der Waals surface area contributed by atoms with Crippen LogP contribution in [-0.4, -0.2) is 23.1 Å². The zero-order valence-corrected chi connectivity index (χ0v) is 8.36. The average Bonchev–Trinajstić information content (AvgIpc) is 2.65. The number of nitrogens with two attached hydrogens (primary N) is 1. The molecule has 0 fully saturated rings. The largest absolute Gasteiger partial charge is 0.360 e. The zero-order chi connectivity index (χ0) is 10.4. The van der Waals surface area contributed by atoms with Crippen molar-refractivity contribution in [3.05, 3.63) is 17.5 Å². The number of rotatable bonds is 5. The minimum absolute atomic E-state index is 0.408. The summed E-state index contributed by atoms with van der Waals surface area (Å²) in [7, 11) is 0. The lowest BCUT2D eigenvalue weighted by atomic mass is 10.3. The van der Waals surface area contributed by atoms with E-state index >= 15 is 0 Å². The van der Waals surface area contributed by atoms with Crippen molar-refractivity contribution < 1.29 is 4.52 Å². The fourth-order valence-electron chi connectivity index (χ4n) is 1.16. The molecule has 0 amide bonds. The summed E-state index contributed by atoms with van der Waals surface area (Å²) in [6.45, 7) is 4.66. The highest BCUT2D eigenvalue weighted by molar-refractivity contribution is 5.05. The van der Waals surface area contributed by atoms with E-state index in [2.05, 4.69) is 22.9 Å². The third-order valence-electron chi connectivity index (χ3n) is 1.96. The highest BCUT2D eigenvalue weighted by Crippen LogP contribution is 2.06. The third kappa shape index (κ3) is 2.87. The van der Waals surface area contributed by atoms with E-state index in [0.29, 0.717) is 19.6 Å². The molecule has 76 valence electrons. The van der Waals surface area contributed by atoms with Crippen LogP contribution in [0.15, 0.2) is 10.6 Å². The molecule has 1 heterocycles. The van der Waals surface area contributed by atoms with Crippen LogP contribution in [0.25, 0.3) is 0 Å². The molecule has 0 spiro atoms. The summed E-state index contributed by atoms with van der Waals surface area (Å²) in [5.41, 5.74) is 6.19. The van der Waals surface area contributed by atoms with Crippen molar-refractivity contribution in [2.75, 3.05) is 13.1 Å². The Morgan fingerprint density at radius 2 is 2.50 bits per heavy atom. The van der Waals surface area contributed by atoms with Crippen molar-refractivity contribution in [2.24, 2.45) is 5.73 Å². The second-order valence-electron chi connectivity index (χ2n) is 3.00. The summed E-state index contributed by atoms with van der Waals surface area (Å²) < 4.78 is 5.09. The van der Waals surface area contributed by atoms with Crippen LogP contribution in [0, 0.1) is 12.3 Å². The summed E-state index contributed by atoms with van der Waals surface area (Å²) in [4.78, 5) is 2.08. The molecule has 0 aliphatic carbocycles. The first kappa shape index (κ1) is 10.8. The fourth-order valence-corrected chi connectivity index (χ4v) is 1.16. The van der Waals surface area contributed by atoms with Crippen LogP contribution in [-0.2, 0) is 13.1 Å². The quantitative estimate of drug-likeness (QED) is 0.695. The molecule has 4 nitrogen and oxygen atoms in total. The molecule has 0 atom stereocenters. The molecule has 0 bridgehead atoms. The molecule has 1 aromatic heterocycles. The van der Waals surface area contributed by atoms with Gasteiger partial charge in [-0.25, -0.2) is 0 Å². The summed E-state index contributed by atoms with van der Waals surface area (Å²) in [5, 5.41) is 3.80. The lowest BCUT2D eigenvalue weighted by Crippen LogP contribution is -2.22. The molecule has 0 aromatic carbocycles. The maximum absolute atomic E-state index is 5.42. The SMILES string of the molecule is C#CCN(CC)Cc1cc(CN)no1. The second kappa shape index (κ2) is 5.43. The smallest absolute Gasteiger partial charge is 0.151 e. The summed E-state index contributed by atoms with van der Waals surface area (Å²) in [6, 6.07) is 1.86. The molecule has 1 rings (SSSR count). The van der Waals surface area contributed by atoms with Crippen LogP contribution in [0.2, 0.25) is 0 Å². The molecule has 0 aliphatic rings. The van der Waals surface area contributed by atoms with Crippen LogP contribution in [0.1, 0.15) is 18.4 Å². The van der Waals surface area contributed by atoms with E-state index in [0.717, 1.165) is 18.0 Å². The predicted octanol–water partition coefficient (Wildman–Crippen LogP) is 0.588. The van der Waals surface area contributed by atoms with E-state index in [4.69, 9.17) is 16.7 Å². The van der Waals surface area contributed by atoms with Gasteiger partial charge in [0.1, 0.15) is 0 Å². The van der Waals surface area contributed by atoms with Gasteiger partial charge >= 0.3 is 0 Å². The van der Waals surface area contributed by atoms with Gasteiger partial charge < -0.3 is 10.3 Å². The Hall–Kier alpha value is -1.31. The van der Waals surface area contributed by atoms with E-state index in [1.807, 2.05) is 6.07 Å². The van der Waals surface area contributed by atoms with Gasteiger partial charge in [0.05, 0.1) is 18.8 Å². The molecular weight excluding hydrogens is 178 g/mol. The molecule has 0 aliphatic heterocycles. The molecule has 4 heteroatoms. The van der Waals surface area contributed by atoms with Gasteiger partial charge in [-0.1, -0.05) is 18.0 Å². The number of hydrogen-bond acceptors (Lipinski definition) is 4. The fraction of sp³-hybridized carbons (Fsp3) is 0.500. The molecule has 0 unspecified atom stereocenters. The van der Waals surface area contributed by atoms with Gasteiger partial charge in [0.2, 0.25) is 0 Å². The monoisotopic (exact) mass is 193 g/mol. The van der Waals surface area contributed by atoms with Gasteiger partial charge in [0, 0.05) is 12.6 Å². The topological polar surface area (TPSA) is 55.3 Å². The average molecular weight is 193 g/mol. The minimum atomic E-state index is 0.408. The van der Waals surface area contributed by atoms with Gasteiger partial charge in [-0.15, -0.1) is 6.42 Å². The first-order valence-electron chi connectivity index (χ1n) is 4.60. The Balaban J connectivity index is 2.54. The first-order chi connectivity index (χ1) is 6.80. The molecule has 0 saturated carbocycles. The van der Waals surface area contributed by atoms with Gasteiger partial charge in [0.25, 0.3) is 0 Å². The molecule has 14 heavy (non-hydrogen) atoms. The highest BCUT2D eigenvalue weighted by Gasteiger charge is 2.07. The number of hydrogen-bond donors (Lipinski definition) is 1. The van der Waals surface area contributed by atoms with E-state index in [9.17, 15) is 0 Å². The Morgan fingerprint density at radius 1 is 1.71 bits per heavy atom. The lowest BCUT2D eigenvalue weighted by Gasteiger charge is -2.14. The number of nitrogens with zero attached hydrogens (tertiary/aromatic N) is 2. The van der Waals surface area contributed by atoms with Crippen LogP contribution < -0.4 is 5.73 Å². The summed E-state index contributed by atoms with van der Waals surface area (Å²) >= 11 is 0. The normalized spacial score (nSPS) is 10.4. The predicted molar refractivity (Wildman–Crippen MR) is 54.2 cm³/mol. The van der Waals surface area contributed by atoms with Gasteiger partial charge in [0.15, 0.2) is 5.76 Å². The van der Waals surface area contributed by atoms with E-state index in [-0.39, 0.29) is 0 Å². The third-order valence-corrected chi connectivity index (χ3v) is 1.96. The van der Waals surface area contributed by atoms with Crippen molar-refractivity contribution in [3.8, 4) is 12.3 Å². The second-order valence-corrected chi connectivity index (χ2v) is 3.00. The standard InChI is InChI=1S/C10H15N3O/c1-3-5-13(4-2)8-10-6-9(7-11)12-14-10/h1,6H,4-5,7-8,11H2,2H3. The minimum Gasteiger partial charge on any atom is -0.360 e. The molecule has 0 saturated heterocycles. The Morgan fingerprint density at radius 3 is 3.00 bits per heavy atom. The number of terminal acetylenes is 1. The van der Waals surface area contributed by atoms with Crippen LogP contribution >= 0.6 is 0 Å². The lowest BCUT2D eigenvalue weighted by molar-refractivity contribution is 0.264. The molecule has 0 radical (unpaired) electrons. The van der Waals surface area contributed by atoms with Crippen LogP contribution in [0.4, 0.5) is 0 Å². The van der Waals surface area contributed by atoms with Crippen LogP contribution in [0.3, 0.4) is 0 Å². The molecule has 2 N–H and O–H groups in total.